The summed E-state index contributed by atoms with van der Waals surface area (Å²) in [6.07, 6.45) is 1.36. The second-order valence-electron chi connectivity index (χ2n) is 3.97. The van der Waals surface area contributed by atoms with E-state index in [2.05, 4.69) is 34.2 Å². The molecule has 16 heavy (non-hydrogen) atoms. The van der Waals surface area contributed by atoms with Crippen molar-refractivity contribution in [3.8, 4) is 11.3 Å². The van der Waals surface area contributed by atoms with Gasteiger partial charge < -0.3 is 5.73 Å². The second-order valence-corrected chi connectivity index (χ2v) is 3.97. The number of aryl methyl sites for hydroxylation is 3. The van der Waals surface area contributed by atoms with Crippen LogP contribution in [0.2, 0.25) is 0 Å². The minimum atomic E-state index is 0.421. The highest BCUT2D eigenvalue weighted by atomic mass is 15.2. The molecule has 0 atom stereocenters. The van der Waals surface area contributed by atoms with E-state index in [-0.39, 0.29) is 0 Å². The summed E-state index contributed by atoms with van der Waals surface area (Å²) < 4.78 is 0. The number of benzene rings is 1. The van der Waals surface area contributed by atoms with E-state index in [1.807, 2.05) is 13.8 Å². The van der Waals surface area contributed by atoms with Crippen molar-refractivity contribution in [1.82, 2.24) is 15.2 Å². The zero-order valence-electron chi connectivity index (χ0n) is 9.65. The number of aromatic nitrogens is 3. The predicted octanol–water partition coefficient (Wildman–Crippen LogP) is 2.05. The molecule has 4 heteroatoms. The lowest BCUT2D eigenvalue weighted by molar-refractivity contribution is 0.980. The van der Waals surface area contributed by atoms with Crippen LogP contribution in [-0.4, -0.2) is 15.2 Å². The Morgan fingerprint density at radius 2 is 1.69 bits per heavy atom. The molecule has 0 fully saturated rings. The van der Waals surface area contributed by atoms with Crippen LogP contribution in [0, 0.1) is 20.8 Å². The van der Waals surface area contributed by atoms with Gasteiger partial charge in [0.1, 0.15) is 12.0 Å². The number of anilines is 1. The third kappa shape index (κ3) is 1.74. The minimum Gasteiger partial charge on any atom is -0.382 e. The van der Waals surface area contributed by atoms with Crippen molar-refractivity contribution in [1.29, 1.82) is 0 Å². The SMILES string of the molecule is Cc1cc(C)c(-c2nncnc2N)c(C)c1. The van der Waals surface area contributed by atoms with Crippen molar-refractivity contribution in [3.63, 3.8) is 0 Å². The lowest BCUT2D eigenvalue weighted by atomic mass is 9.97. The number of nitrogens with zero attached hydrogens (tertiary/aromatic N) is 3. The van der Waals surface area contributed by atoms with Crippen LogP contribution in [0.25, 0.3) is 11.3 Å². The van der Waals surface area contributed by atoms with Crippen LogP contribution in [0.3, 0.4) is 0 Å². The van der Waals surface area contributed by atoms with Gasteiger partial charge in [-0.05, 0) is 31.9 Å². The Morgan fingerprint density at radius 3 is 2.25 bits per heavy atom. The fourth-order valence-electron chi connectivity index (χ4n) is 2.02. The van der Waals surface area contributed by atoms with E-state index < -0.39 is 0 Å². The Balaban J connectivity index is 2.70. The molecule has 0 aliphatic heterocycles. The molecule has 1 aromatic carbocycles. The first kappa shape index (κ1) is 10.5. The highest BCUT2D eigenvalue weighted by Gasteiger charge is 2.11. The molecule has 0 bridgehead atoms. The van der Waals surface area contributed by atoms with E-state index in [0.29, 0.717) is 11.5 Å². The van der Waals surface area contributed by atoms with Gasteiger partial charge in [0, 0.05) is 5.56 Å². The van der Waals surface area contributed by atoms with Gasteiger partial charge in [0.05, 0.1) is 0 Å². The molecule has 0 unspecified atom stereocenters. The maximum Gasteiger partial charge on any atom is 0.153 e. The number of rotatable bonds is 1. The first-order chi connectivity index (χ1) is 7.59. The molecule has 82 valence electrons. The summed E-state index contributed by atoms with van der Waals surface area (Å²) in [4.78, 5) is 3.96. The lowest BCUT2D eigenvalue weighted by Crippen LogP contribution is -2.01. The van der Waals surface area contributed by atoms with E-state index in [9.17, 15) is 0 Å². The van der Waals surface area contributed by atoms with Crippen molar-refractivity contribution in [2.45, 2.75) is 20.8 Å². The van der Waals surface area contributed by atoms with Crippen molar-refractivity contribution in [2.75, 3.05) is 5.73 Å². The van der Waals surface area contributed by atoms with Crippen LogP contribution in [0.5, 0.6) is 0 Å². The molecule has 0 saturated carbocycles. The molecule has 0 spiro atoms. The van der Waals surface area contributed by atoms with Gasteiger partial charge in [0.15, 0.2) is 5.82 Å². The van der Waals surface area contributed by atoms with Crippen molar-refractivity contribution < 1.29 is 0 Å². The second kappa shape index (κ2) is 3.89. The van der Waals surface area contributed by atoms with E-state index in [1.165, 1.54) is 11.9 Å². The molecule has 1 heterocycles. The van der Waals surface area contributed by atoms with E-state index in [0.717, 1.165) is 16.7 Å². The molecule has 0 radical (unpaired) electrons. The largest absolute Gasteiger partial charge is 0.382 e. The number of nitrogens with two attached hydrogens (primary N) is 1. The highest BCUT2D eigenvalue weighted by molar-refractivity contribution is 5.75. The van der Waals surface area contributed by atoms with Gasteiger partial charge in [-0.25, -0.2) is 4.98 Å². The molecule has 0 amide bonds. The minimum absolute atomic E-state index is 0.421. The molecule has 4 nitrogen and oxygen atoms in total. The molecular weight excluding hydrogens is 200 g/mol. The van der Waals surface area contributed by atoms with Gasteiger partial charge in [0.2, 0.25) is 0 Å². The van der Waals surface area contributed by atoms with Gasteiger partial charge >= 0.3 is 0 Å². The average molecular weight is 214 g/mol. The summed E-state index contributed by atoms with van der Waals surface area (Å²) in [6.45, 7) is 6.16. The maximum atomic E-state index is 5.81. The third-order valence-corrected chi connectivity index (χ3v) is 2.56. The van der Waals surface area contributed by atoms with Crippen LogP contribution in [0.4, 0.5) is 5.82 Å². The average Bonchev–Trinajstić information content (AvgIpc) is 2.19. The maximum absolute atomic E-state index is 5.81. The number of nitrogen functional groups attached to an aromatic ring is 1. The highest BCUT2D eigenvalue weighted by Crippen LogP contribution is 2.28. The molecule has 2 aromatic rings. The summed E-state index contributed by atoms with van der Waals surface area (Å²) in [6, 6.07) is 4.22. The molecule has 2 N–H and O–H groups in total. The summed E-state index contributed by atoms with van der Waals surface area (Å²) in [5.41, 5.74) is 11.0. The van der Waals surface area contributed by atoms with Gasteiger partial charge in [-0.2, -0.15) is 0 Å². The fourth-order valence-corrected chi connectivity index (χ4v) is 2.02. The van der Waals surface area contributed by atoms with E-state index >= 15 is 0 Å². The number of hydrogen-bond acceptors (Lipinski definition) is 4. The summed E-state index contributed by atoms with van der Waals surface area (Å²) in [5, 5.41) is 7.85. The van der Waals surface area contributed by atoms with Crippen molar-refractivity contribution >= 4 is 5.82 Å². The zero-order valence-corrected chi connectivity index (χ0v) is 9.65. The first-order valence-corrected chi connectivity index (χ1v) is 5.11. The zero-order chi connectivity index (χ0) is 11.7. The Morgan fingerprint density at radius 1 is 1.06 bits per heavy atom. The van der Waals surface area contributed by atoms with Crippen LogP contribution < -0.4 is 5.73 Å². The Hall–Kier alpha value is -1.97. The van der Waals surface area contributed by atoms with Gasteiger partial charge in [-0.15, -0.1) is 10.2 Å². The van der Waals surface area contributed by atoms with E-state index in [4.69, 9.17) is 5.73 Å². The fraction of sp³-hybridized carbons (Fsp3) is 0.250. The third-order valence-electron chi connectivity index (χ3n) is 2.56. The quantitative estimate of drug-likeness (QED) is 0.789. The molecule has 0 aliphatic carbocycles. The van der Waals surface area contributed by atoms with Crippen molar-refractivity contribution in [2.24, 2.45) is 0 Å². The monoisotopic (exact) mass is 214 g/mol. The lowest BCUT2D eigenvalue weighted by Gasteiger charge is -2.10. The summed E-state index contributed by atoms with van der Waals surface area (Å²) in [7, 11) is 0. The van der Waals surface area contributed by atoms with Gasteiger partial charge in [-0.3, -0.25) is 0 Å². The normalized spacial score (nSPS) is 10.4. The molecule has 2 rings (SSSR count). The standard InChI is InChI=1S/C12H14N4/c1-7-4-8(2)10(9(3)5-7)11-12(13)14-6-15-16-11/h4-6H,1-3H3,(H2,13,14,15). The predicted molar refractivity (Wildman–Crippen MR) is 63.9 cm³/mol. The number of hydrogen-bond donors (Lipinski definition) is 1. The topological polar surface area (TPSA) is 64.7 Å². The Bertz CT molecular complexity index is 511. The summed E-state index contributed by atoms with van der Waals surface area (Å²) >= 11 is 0. The molecule has 1 aromatic heterocycles. The van der Waals surface area contributed by atoms with Gasteiger partial charge in [0.25, 0.3) is 0 Å². The molecule has 0 aliphatic rings. The Labute approximate surface area is 94.6 Å². The van der Waals surface area contributed by atoms with Crippen LogP contribution in [0.1, 0.15) is 16.7 Å². The van der Waals surface area contributed by atoms with Crippen LogP contribution >= 0.6 is 0 Å². The van der Waals surface area contributed by atoms with Crippen LogP contribution in [-0.2, 0) is 0 Å². The van der Waals surface area contributed by atoms with E-state index in [1.54, 1.807) is 0 Å². The molecular formula is C12H14N4. The van der Waals surface area contributed by atoms with Crippen LogP contribution in [0.15, 0.2) is 18.5 Å². The Kier molecular flexibility index (Phi) is 2.56. The summed E-state index contributed by atoms with van der Waals surface area (Å²) in [5.74, 6) is 0.421. The molecule has 0 saturated heterocycles. The van der Waals surface area contributed by atoms with Gasteiger partial charge in [-0.1, -0.05) is 17.7 Å². The smallest absolute Gasteiger partial charge is 0.153 e. The van der Waals surface area contributed by atoms with Crippen molar-refractivity contribution in [3.05, 3.63) is 35.2 Å². The first-order valence-electron chi connectivity index (χ1n) is 5.11.